The van der Waals surface area contributed by atoms with Gasteiger partial charge in [0.1, 0.15) is 0 Å². The molecule has 29 heavy (non-hydrogen) atoms. The van der Waals surface area contributed by atoms with E-state index in [4.69, 9.17) is 0 Å². The number of rotatable bonds is 8. The van der Waals surface area contributed by atoms with Crippen LogP contribution in [0.3, 0.4) is 0 Å². The van der Waals surface area contributed by atoms with Crippen LogP contribution in [-0.2, 0) is 9.59 Å². The zero-order valence-corrected chi connectivity index (χ0v) is 17.6. The Morgan fingerprint density at radius 2 is 1.14 bits per heavy atom. The fourth-order valence-electron chi connectivity index (χ4n) is 2.20. The molecule has 8 nitrogen and oxygen atoms in total. The van der Waals surface area contributed by atoms with E-state index in [1.54, 1.807) is 52.5 Å². The van der Waals surface area contributed by atoms with E-state index in [0.29, 0.717) is 11.4 Å². The molecule has 2 heterocycles. The Morgan fingerprint density at radius 1 is 0.793 bits per heavy atom. The van der Waals surface area contributed by atoms with E-state index in [9.17, 15) is 9.59 Å². The summed E-state index contributed by atoms with van der Waals surface area (Å²) < 4.78 is 0. The number of hydrazone groups is 2. The van der Waals surface area contributed by atoms with Crippen LogP contribution in [0.4, 0.5) is 0 Å². The van der Waals surface area contributed by atoms with Crippen molar-refractivity contribution in [2.75, 3.05) is 0 Å². The molecule has 0 spiro atoms. The molecule has 0 saturated carbocycles. The van der Waals surface area contributed by atoms with Gasteiger partial charge in [0.15, 0.2) is 0 Å². The molecular formula is C20H24N6O2S. The minimum absolute atomic E-state index is 0.278. The van der Waals surface area contributed by atoms with Crippen molar-refractivity contribution in [3.63, 3.8) is 0 Å². The number of carbonyl (C=O) groups excluding carboxylic acids is 2. The summed E-state index contributed by atoms with van der Waals surface area (Å²) in [5.41, 5.74) is 8.16. The van der Waals surface area contributed by atoms with Crippen LogP contribution in [0.2, 0.25) is 0 Å². The van der Waals surface area contributed by atoms with Gasteiger partial charge in [-0.25, -0.2) is 10.9 Å². The quantitative estimate of drug-likeness (QED) is 0.511. The number of carbonyl (C=O) groups is 2. The normalized spacial score (nSPS) is 14.1. The first-order valence-corrected chi connectivity index (χ1v) is 9.97. The van der Waals surface area contributed by atoms with Crippen LogP contribution in [0.25, 0.3) is 0 Å². The van der Waals surface area contributed by atoms with E-state index in [1.165, 1.54) is 11.8 Å². The van der Waals surface area contributed by atoms with E-state index < -0.39 is 10.5 Å². The second kappa shape index (κ2) is 11.1. The van der Waals surface area contributed by atoms with Crippen molar-refractivity contribution in [1.82, 2.24) is 20.8 Å². The molecule has 2 atom stereocenters. The zero-order valence-electron chi connectivity index (χ0n) is 16.8. The maximum Gasteiger partial charge on any atom is 0.252 e. The lowest BCUT2D eigenvalue weighted by molar-refractivity contribution is -0.120. The lowest BCUT2D eigenvalue weighted by Gasteiger charge is -2.15. The number of nitrogens with zero attached hydrogens (tertiary/aromatic N) is 4. The summed E-state index contributed by atoms with van der Waals surface area (Å²) in [4.78, 5) is 32.4. The fourth-order valence-corrected chi connectivity index (χ4v) is 3.17. The third-order valence-corrected chi connectivity index (χ3v) is 5.26. The van der Waals surface area contributed by atoms with E-state index in [2.05, 4.69) is 31.0 Å². The number of nitrogens with one attached hydrogen (secondary N) is 2. The van der Waals surface area contributed by atoms with Gasteiger partial charge in [-0.05, 0) is 52.0 Å². The van der Waals surface area contributed by atoms with Gasteiger partial charge >= 0.3 is 0 Å². The van der Waals surface area contributed by atoms with Crippen LogP contribution in [0.15, 0.2) is 59.3 Å². The highest BCUT2D eigenvalue weighted by Gasteiger charge is 2.21. The summed E-state index contributed by atoms with van der Waals surface area (Å²) >= 11 is 1.23. The molecule has 0 fully saturated rings. The zero-order chi connectivity index (χ0) is 21.2. The highest BCUT2D eigenvalue weighted by Crippen LogP contribution is 2.18. The van der Waals surface area contributed by atoms with E-state index >= 15 is 0 Å². The molecule has 0 unspecified atom stereocenters. The monoisotopic (exact) mass is 412 g/mol. The van der Waals surface area contributed by atoms with Gasteiger partial charge in [0.05, 0.1) is 21.9 Å². The Hall–Kier alpha value is -3.07. The second-order valence-electron chi connectivity index (χ2n) is 6.24. The van der Waals surface area contributed by atoms with Crippen LogP contribution in [0.5, 0.6) is 0 Å². The van der Waals surface area contributed by atoms with Gasteiger partial charge in [0.25, 0.3) is 11.8 Å². The molecule has 2 aromatic heterocycles. The molecule has 2 N–H and O–H groups in total. The SMILES string of the molecule is C/C(=N/NC(=O)[C@H](C)S[C@@H](C)C(=O)N/N=C(/C)c1ccncc1)c1ccncc1. The Bertz CT molecular complexity index is 813. The van der Waals surface area contributed by atoms with Gasteiger partial charge in [-0.1, -0.05) is 0 Å². The Labute approximate surface area is 174 Å². The predicted molar refractivity (Wildman–Crippen MR) is 116 cm³/mol. The van der Waals surface area contributed by atoms with E-state index in [-0.39, 0.29) is 11.8 Å². The summed E-state index contributed by atoms with van der Waals surface area (Å²) in [7, 11) is 0. The summed E-state index contributed by atoms with van der Waals surface area (Å²) in [5.74, 6) is -0.556. The average Bonchev–Trinajstić information content (AvgIpc) is 2.76. The van der Waals surface area contributed by atoms with Crippen LogP contribution >= 0.6 is 11.8 Å². The molecule has 0 aliphatic rings. The summed E-state index contributed by atoms with van der Waals surface area (Å²) in [6, 6.07) is 7.24. The summed E-state index contributed by atoms with van der Waals surface area (Å²) in [5, 5.41) is 7.29. The number of hydrogen-bond donors (Lipinski definition) is 2. The predicted octanol–water partition coefficient (Wildman–Crippen LogP) is 2.37. The van der Waals surface area contributed by atoms with E-state index in [1.807, 2.05) is 24.3 Å². The smallest absolute Gasteiger partial charge is 0.252 e. The molecule has 0 bridgehead atoms. The summed E-state index contributed by atoms with van der Waals surface area (Å²) in [6.07, 6.45) is 6.64. The maximum atomic E-state index is 12.3. The summed E-state index contributed by atoms with van der Waals surface area (Å²) in [6.45, 7) is 7.05. The highest BCUT2D eigenvalue weighted by atomic mass is 32.2. The minimum atomic E-state index is -0.463. The molecule has 152 valence electrons. The molecule has 0 aliphatic carbocycles. The van der Waals surface area contributed by atoms with Gasteiger partial charge in [-0.3, -0.25) is 19.6 Å². The van der Waals surface area contributed by atoms with Gasteiger partial charge < -0.3 is 0 Å². The second-order valence-corrected chi connectivity index (χ2v) is 7.93. The molecule has 2 rings (SSSR count). The van der Waals surface area contributed by atoms with Crippen molar-refractivity contribution in [2.24, 2.45) is 10.2 Å². The number of amides is 2. The molecular weight excluding hydrogens is 388 g/mol. The molecule has 0 aliphatic heterocycles. The third-order valence-electron chi connectivity index (χ3n) is 4.01. The van der Waals surface area contributed by atoms with Crippen molar-refractivity contribution in [1.29, 1.82) is 0 Å². The van der Waals surface area contributed by atoms with Crippen LogP contribution in [-0.4, -0.2) is 43.7 Å². The van der Waals surface area contributed by atoms with Gasteiger partial charge in [-0.15, -0.1) is 11.8 Å². The standard InChI is InChI=1S/C20H24N6O2S/c1-13(17-5-9-21-10-6-17)23-25-19(27)15(3)29-16(4)20(28)26-24-14(2)18-7-11-22-12-8-18/h5-12,15-16H,1-4H3,(H,25,27)(H,26,28)/b23-13-,24-14-/t15-,16-/m0/s1. The highest BCUT2D eigenvalue weighted by molar-refractivity contribution is 8.01. The van der Waals surface area contributed by atoms with Gasteiger partial charge in [0, 0.05) is 35.9 Å². The first-order valence-electron chi connectivity index (χ1n) is 9.03. The molecule has 0 radical (unpaired) electrons. The lowest BCUT2D eigenvalue weighted by atomic mass is 10.2. The molecule has 0 aromatic carbocycles. The lowest BCUT2D eigenvalue weighted by Crippen LogP contribution is -2.33. The van der Waals surface area contributed by atoms with Crippen LogP contribution < -0.4 is 10.9 Å². The van der Waals surface area contributed by atoms with Crippen molar-refractivity contribution >= 4 is 35.0 Å². The number of hydrogen-bond acceptors (Lipinski definition) is 7. The third kappa shape index (κ3) is 7.11. The molecule has 2 amide bonds. The molecule has 0 saturated heterocycles. The van der Waals surface area contributed by atoms with Crippen molar-refractivity contribution < 1.29 is 9.59 Å². The topological polar surface area (TPSA) is 109 Å². The fraction of sp³-hybridized carbons (Fsp3) is 0.300. The van der Waals surface area contributed by atoms with Crippen LogP contribution in [0, 0.1) is 0 Å². The molecule has 2 aromatic rings. The molecule has 9 heteroatoms. The average molecular weight is 413 g/mol. The number of aromatic nitrogens is 2. The van der Waals surface area contributed by atoms with E-state index in [0.717, 1.165) is 11.1 Å². The van der Waals surface area contributed by atoms with Gasteiger partial charge in [-0.2, -0.15) is 10.2 Å². The minimum Gasteiger partial charge on any atom is -0.272 e. The maximum absolute atomic E-state index is 12.3. The first kappa shape index (κ1) is 22.2. The Morgan fingerprint density at radius 3 is 1.48 bits per heavy atom. The number of pyridine rings is 2. The van der Waals surface area contributed by atoms with Crippen molar-refractivity contribution in [2.45, 2.75) is 38.2 Å². The van der Waals surface area contributed by atoms with Gasteiger partial charge in [0.2, 0.25) is 0 Å². The largest absolute Gasteiger partial charge is 0.272 e. The van der Waals surface area contributed by atoms with Crippen molar-refractivity contribution in [3.05, 3.63) is 60.2 Å². The van der Waals surface area contributed by atoms with Crippen LogP contribution in [0.1, 0.15) is 38.8 Å². The van der Waals surface area contributed by atoms with Crippen molar-refractivity contribution in [3.8, 4) is 0 Å². The Kier molecular flexibility index (Phi) is 8.47. The number of thioether (sulfide) groups is 1. The Balaban J connectivity index is 1.84. The first-order chi connectivity index (χ1) is 13.9.